The summed E-state index contributed by atoms with van der Waals surface area (Å²) in [5.74, 6) is -6.77. The van der Waals surface area contributed by atoms with Crippen molar-refractivity contribution in [1.29, 1.82) is 0 Å². The Bertz CT molecular complexity index is 944. The summed E-state index contributed by atoms with van der Waals surface area (Å²) in [5.41, 5.74) is 5.65. The van der Waals surface area contributed by atoms with Crippen molar-refractivity contribution in [2.24, 2.45) is 5.73 Å². The van der Waals surface area contributed by atoms with Gasteiger partial charge in [0.1, 0.15) is 0 Å². The molecule has 0 aliphatic heterocycles. The standard InChI is InChI=1S/C17H16F2N2O4S/c1-11-7-8-13(9-14(11)15(20)22)26(24,25)21-16(23)17(18,19)10-12-5-3-2-4-6-12/h2-9H,10H2,1H3,(H2,20,22)(H,21,23). The Morgan fingerprint density at radius 3 is 2.31 bits per heavy atom. The summed E-state index contributed by atoms with van der Waals surface area (Å²) >= 11 is 0. The normalized spacial score (nSPS) is 11.8. The molecular weight excluding hydrogens is 366 g/mol. The van der Waals surface area contributed by atoms with Gasteiger partial charge in [-0.25, -0.2) is 13.1 Å². The fourth-order valence-corrected chi connectivity index (χ4v) is 3.25. The third-order valence-electron chi connectivity index (χ3n) is 3.61. The molecule has 0 saturated carbocycles. The van der Waals surface area contributed by atoms with Gasteiger partial charge in [0.2, 0.25) is 5.91 Å². The summed E-state index contributed by atoms with van der Waals surface area (Å²) in [7, 11) is -4.60. The number of primary amides is 1. The number of aryl methyl sites for hydroxylation is 1. The molecule has 0 saturated heterocycles. The van der Waals surface area contributed by atoms with Gasteiger partial charge in [-0.05, 0) is 30.2 Å². The zero-order valence-corrected chi connectivity index (χ0v) is 14.5. The van der Waals surface area contributed by atoms with Gasteiger partial charge in [0.05, 0.1) is 4.90 Å². The Morgan fingerprint density at radius 1 is 1.12 bits per heavy atom. The molecule has 0 aliphatic carbocycles. The van der Waals surface area contributed by atoms with Crippen molar-refractivity contribution in [2.45, 2.75) is 24.2 Å². The monoisotopic (exact) mass is 382 g/mol. The Morgan fingerprint density at radius 2 is 1.73 bits per heavy atom. The van der Waals surface area contributed by atoms with Crippen LogP contribution in [0.15, 0.2) is 53.4 Å². The van der Waals surface area contributed by atoms with Gasteiger partial charge in [0, 0.05) is 12.0 Å². The van der Waals surface area contributed by atoms with Crippen LogP contribution in [0.1, 0.15) is 21.5 Å². The number of benzene rings is 2. The number of carbonyl (C=O) groups excluding carboxylic acids is 2. The van der Waals surface area contributed by atoms with Gasteiger partial charge in [0.15, 0.2) is 0 Å². The van der Waals surface area contributed by atoms with Crippen LogP contribution >= 0.6 is 0 Å². The number of carbonyl (C=O) groups is 2. The first-order valence-corrected chi connectivity index (χ1v) is 8.91. The van der Waals surface area contributed by atoms with Crippen molar-refractivity contribution in [1.82, 2.24) is 4.72 Å². The minimum Gasteiger partial charge on any atom is -0.366 e. The maximum atomic E-state index is 14.1. The van der Waals surface area contributed by atoms with E-state index in [1.807, 2.05) is 0 Å². The largest absolute Gasteiger partial charge is 0.366 e. The highest BCUT2D eigenvalue weighted by Gasteiger charge is 2.41. The van der Waals surface area contributed by atoms with E-state index < -0.39 is 39.1 Å². The van der Waals surface area contributed by atoms with Crippen LogP contribution in [0.5, 0.6) is 0 Å². The lowest BCUT2D eigenvalue weighted by Crippen LogP contribution is -2.44. The van der Waals surface area contributed by atoms with Crippen molar-refractivity contribution in [3.05, 3.63) is 65.2 Å². The number of hydrogen-bond donors (Lipinski definition) is 2. The highest BCUT2D eigenvalue weighted by atomic mass is 32.2. The van der Waals surface area contributed by atoms with Crippen LogP contribution in [0, 0.1) is 6.92 Å². The summed E-state index contributed by atoms with van der Waals surface area (Å²) in [5, 5.41) is 0. The van der Waals surface area contributed by atoms with Crippen LogP contribution in [0.4, 0.5) is 8.78 Å². The van der Waals surface area contributed by atoms with E-state index in [1.54, 1.807) is 6.07 Å². The lowest BCUT2D eigenvalue weighted by molar-refractivity contribution is -0.143. The van der Waals surface area contributed by atoms with Crippen molar-refractivity contribution >= 4 is 21.8 Å². The van der Waals surface area contributed by atoms with Gasteiger partial charge in [-0.1, -0.05) is 36.4 Å². The zero-order valence-electron chi connectivity index (χ0n) is 13.7. The maximum Gasteiger partial charge on any atom is 0.329 e. The molecule has 3 N–H and O–H groups in total. The van der Waals surface area contributed by atoms with Crippen molar-refractivity contribution in [3.8, 4) is 0 Å². The van der Waals surface area contributed by atoms with Crippen LogP contribution < -0.4 is 10.5 Å². The molecule has 0 unspecified atom stereocenters. The Kier molecular flexibility index (Phi) is 5.41. The predicted octanol–water partition coefficient (Wildman–Crippen LogP) is 1.78. The highest BCUT2D eigenvalue weighted by molar-refractivity contribution is 7.90. The second kappa shape index (κ2) is 7.20. The number of nitrogens with one attached hydrogen (secondary N) is 1. The molecule has 0 aliphatic rings. The minimum atomic E-state index is -4.60. The summed E-state index contributed by atoms with van der Waals surface area (Å²) in [6, 6.07) is 10.8. The topological polar surface area (TPSA) is 106 Å². The SMILES string of the molecule is Cc1ccc(S(=O)(=O)NC(=O)C(F)(F)Cc2ccccc2)cc1C(N)=O. The van der Waals surface area contributed by atoms with E-state index in [0.717, 1.165) is 12.1 Å². The number of halogens is 2. The van der Waals surface area contributed by atoms with Gasteiger partial charge < -0.3 is 5.73 Å². The molecule has 0 aromatic heterocycles. The summed E-state index contributed by atoms with van der Waals surface area (Å²) < 4.78 is 53.9. The molecule has 2 rings (SSSR count). The molecule has 6 nitrogen and oxygen atoms in total. The van der Waals surface area contributed by atoms with E-state index in [4.69, 9.17) is 5.73 Å². The first kappa shape index (κ1) is 19.5. The zero-order chi connectivity index (χ0) is 19.5. The molecular formula is C17H16F2N2O4S. The molecule has 0 bridgehead atoms. The smallest absolute Gasteiger partial charge is 0.329 e. The van der Waals surface area contributed by atoms with Gasteiger partial charge in [0.25, 0.3) is 10.0 Å². The number of alkyl halides is 2. The molecule has 9 heteroatoms. The summed E-state index contributed by atoms with van der Waals surface area (Å²) in [4.78, 5) is 22.6. The van der Waals surface area contributed by atoms with Crippen LogP contribution in [-0.4, -0.2) is 26.2 Å². The van der Waals surface area contributed by atoms with Gasteiger partial charge in [-0.2, -0.15) is 8.78 Å². The molecule has 0 radical (unpaired) electrons. The second-order valence-corrected chi connectivity index (χ2v) is 7.32. The van der Waals surface area contributed by atoms with Crippen LogP contribution in [0.25, 0.3) is 0 Å². The highest BCUT2D eigenvalue weighted by Crippen LogP contribution is 2.22. The average molecular weight is 382 g/mol. The van der Waals surface area contributed by atoms with E-state index in [9.17, 15) is 26.8 Å². The van der Waals surface area contributed by atoms with E-state index in [-0.39, 0.29) is 11.1 Å². The third kappa shape index (κ3) is 4.42. The number of hydrogen-bond acceptors (Lipinski definition) is 4. The Labute approximate surface area is 149 Å². The molecule has 0 atom stereocenters. The summed E-state index contributed by atoms with van der Waals surface area (Å²) in [6.45, 7) is 1.53. The van der Waals surface area contributed by atoms with Gasteiger partial charge in [-0.3, -0.25) is 9.59 Å². The van der Waals surface area contributed by atoms with Crippen molar-refractivity contribution in [3.63, 3.8) is 0 Å². The average Bonchev–Trinajstić information content (AvgIpc) is 2.54. The fourth-order valence-electron chi connectivity index (χ4n) is 2.22. The maximum absolute atomic E-state index is 14.1. The van der Waals surface area contributed by atoms with Crippen LogP contribution in [0.3, 0.4) is 0 Å². The molecule has 0 fully saturated rings. The first-order chi connectivity index (χ1) is 12.0. The lowest BCUT2D eigenvalue weighted by Gasteiger charge is -2.16. The Balaban J connectivity index is 2.24. The lowest BCUT2D eigenvalue weighted by atomic mass is 10.1. The third-order valence-corrected chi connectivity index (χ3v) is 4.94. The predicted molar refractivity (Wildman–Crippen MR) is 90.1 cm³/mol. The molecule has 26 heavy (non-hydrogen) atoms. The molecule has 2 amide bonds. The van der Waals surface area contributed by atoms with Crippen LogP contribution in [-0.2, 0) is 21.2 Å². The number of amides is 2. The minimum absolute atomic E-state index is 0.0867. The van der Waals surface area contributed by atoms with E-state index in [1.165, 1.54) is 42.0 Å². The number of sulfonamides is 1. The van der Waals surface area contributed by atoms with E-state index in [2.05, 4.69) is 0 Å². The van der Waals surface area contributed by atoms with Crippen molar-refractivity contribution < 1.29 is 26.8 Å². The van der Waals surface area contributed by atoms with Crippen LogP contribution in [0.2, 0.25) is 0 Å². The quantitative estimate of drug-likeness (QED) is 0.794. The first-order valence-electron chi connectivity index (χ1n) is 7.42. The Hall–Kier alpha value is -2.81. The molecule has 2 aromatic carbocycles. The van der Waals surface area contributed by atoms with Gasteiger partial charge >= 0.3 is 11.8 Å². The van der Waals surface area contributed by atoms with Gasteiger partial charge in [-0.15, -0.1) is 0 Å². The van der Waals surface area contributed by atoms with Crippen molar-refractivity contribution in [2.75, 3.05) is 0 Å². The molecule has 0 spiro atoms. The van der Waals surface area contributed by atoms with E-state index in [0.29, 0.717) is 5.56 Å². The molecule has 0 heterocycles. The fraction of sp³-hybridized carbons (Fsp3) is 0.176. The number of rotatable bonds is 6. The second-order valence-electron chi connectivity index (χ2n) is 5.64. The van der Waals surface area contributed by atoms with E-state index >= 15 is 0 Å². The summed E-state index contributed by atoms with van der Waals surface area (Å²) in [6.07, 6.45) is -0.949. The molecule has 2 aromatic rings. The molecule has 138 valence electrons. The number of nitrogens with two attached hydrogens (primary N) is 1.